The van der Waals surface area contributed by atoms with Gasteiger partial charge in [-0.15, -0.1) is 11.8 Å². The molecule has 0 spiro atoms. The molecule has 3 heteroatoms. The topological polar surface area (TPSA) is 9.23 Å². The summed E-state index contributed by atoms with van der Waals surface area (Å²) in [6.45, 7) is 5.53. The minimum absolute atomic E-state index is 0.000932. The van der Waals surface area contributed by atoms with Gasteiger partial charge in [-0.2, -0.15) is 0 Å². The van der Waals surface area contributed by atoms with Crippen LogP contribution in [0.3, 0.4) is 0 Å². The van der Waals surface area contributed by atoms with E-state index in [1.54, 1.807) is 24.8 Å². The van der Waals surface area contributed by atoms with E-state index in [1.807, 2.05) is 26.2 Å². The van der Waals surface area contributed by atoms with Crippen molar-refractivity contribution < 1.29 is 9.13 Å². The van der Waals surface area contributed by atoms with Crippen LogP contribution in [0.2, 0.25) is 0 Å². The fourth-order valence-electron chi connectivity index (χ4n) is 1.16. The second-order valence-corrected chi connectivity index (χ2v) is 4.30. The molecule has 0 N–H and O–H groups in total. The zero-order chi connectivity index (χ0) is 10.7. The molecule has 1 nitrogen and oxygen atoms in total. The van der Waals surface area contributed by atoms with Crippen LogP contribution in [0.1, 0.15) is 19.4 Å². The van der Waals surface area contributed by atoms with Gasteiger partial charge in [-0.25, -0.2) is 4.39 Å². The van der Waals surface area contributed by atoms with Gasteiger partial charge in [-0.05, 0) is 44.7 Å². The third-order valence-corrected chi connectivity index (χ3v) is 2.50. The fraction of sp³-hybridized carbons (Fsp3) is 0.455. The van der Waals surface area contributed by atoms with Crippen LogP contribution in [0.25, 0.3) is 0 Å². The van der Waals surface area contributed by atoms with Crippen LogP contribution in [0.15, 0.2) is 17.0 Å². The number of halogens is 1. The molecule has 1 rings (SSSR count). The van der Waals surface area contributed by atoms with Crippen molar-refractivity contribution in [1.29, 1.82) is 0 Å². The van der Waals surface area contributed by atoms with E-state index in [1.165, 1.54) is 0 Å². The number of ether oxygens (including phenoxy) is 1. The molecule has 0 aromatic heterocycles. The second-order valence-electron chi connectivity index (χ2n) is 3.42. The van der Waals surface area contributed by atoms with E-state index >= 15 is 0 Å². The average Bonchev–Trinajstić information content (AvgIpc) is 2.11. The Balaban J connectivity index is 3.07. The molecule has 0 radical (unpaired) electrons. The summed E-state index contributed by atoms with van der Waals surface area (Å²) in [6, 6.07) is 3.57. The summed E-state index contributed by atoms with van der Waals surface area (Å²) in [7, 11) is 0. The van der Waals surface area contributed by atoms with Gasteiger partial charge in [0.05, 0.1) is 6.10 Å². The largest absolute Gasteiger partial charge is 0.488 e. The highest BCUT2D eigenvalue weighted by atomic mass is 32.2. The summed E-state index contributed by atoms with van der Waals surface area (Å²) in [4.78, 5) is 1.03. The summed E-state index contributed by atoms with van der Waals surface area (Å²) in [5.74, 6) is 0.0980. The Labute approximate surface area is 88.7 Å². The lowest BCUT2D eigenvalue weighted by Gasteiger charge is -2.12. The van der Waals surface area contributed by atoms with E-state index in [9.17, 15) is 4.39 Å². The molecule has 0 bridgehead atoms. The van der Waals surface area contributed by atoms with Crippen molar-refractivity contribution in [2.45, 2.75) is 31.8 Å². The quantitative estimate of drug-likeness (QED) is 0.710. The molecule has 0 atom stereocenters. The molecule has 0 unspecified atom stereocenters. The smallest absolute Gasteiger partial charge is 0.168 e. The molecule has 78 valence electrons. The molecule has 0 fully saturated rings. The Kier molecular flexibility index (Phi) is 3.81. The van der Waals surface area contributed by atoms with Crippen molar-refractivity contribution in [1.82, 2.24) is 0 Å². The monoisotopic (exact) mass is 214 g/mol. The first-order valence-electron chi connectivity index (χ1n) is 4.55. The van der Waals surface area contributed by atoms with Gasteiger partial charge in [-0.3, -0.25) is 0 Å². The van der Waals surface area contributed by atoms with E-state index in [0.29, 0.717) is 11.3 Å². The van der Waals surface area contributed by atoms with Crippen molar-refractivity contribution in [3.8, 4) is 5.75 Å². The van der Waals surface area contributed by atoms with Gasteiger partial charge in [0.2, 0.25) is 0 Å². The van der Waals surface area contributed by atoms with Gasteiger partial charge in [0.15, 0.2) is 11.6 Å². The lowest BCUT2D eigenvalue weighted by molar-refractivity contribution is 0.230. The maximum Gasteiger partial charge on any atom is 0.168 e. The fourth-order valence-corrected chi connectivity index (χ4v) is 1.68. The number of thioether (sulfide) groups is 1. The van der Waals surface area contributed by atoms with Crippen LogP contribution in [0, 0.1) is 12.7 Å². The number of rotatable bonds is 3. The number of benzene rings is 1. The number of hydrogen-bond donors (Lipinski definition) is 0. The molecule has 0 saturated heterocycles. The van der Waals surface area contributed by atoms with Crippen LogP contribution < -0.4 is 4.74 Å². The molecule has 0 saturated carbocycles. The lowest BCUT2D eigenvalue weighted by Crippen LogP contribution is -2.07. The van der Waals surface area contributed by atoms with E-state index < -0.39 is 0 Å². The van der Waals surface area contributed by atoms with Crippen LogP contribution in [0.4, 0.5) is 4.39 Å². The molecule has 14 heavy (non-hydrogen) atoms. The van der Waals surface area contributed by atoms with Crippen molar-refractivity contribution in [2.24, 2.45) is 0 Å². The van der Waals surface area contributed by atoms with Gasteiger partial charge in [0.1, 0.15) is 0 Å². The van der Waals surface area contributed by atoms with Gasteiger partial charge in [0, 0.05) is 4.90 Å². The minimum Gasteiger partial charge on any atom is -0.488 e. The van der Waals surface area contributed by atoms with Gasteiger partial charge < -0.3 is 4.74 Å². The molecule has 1 aromatic carbocycles. The molecule has 0 heterocycles. The van der Waals surface area contributed by atoms with Gasteiger partial charge >= 0.3 is 0 Å². The summed E-state index contributed by atoms with van der Waals surface area (Å²) in [5.41, 5.74) is 0.632. The summed E-state index contributed by atoms with van der Waals surface area (Å²) in [6.07, 6.45) is 1.97. The Morgan fingerprint density at radius 2 is 2.00 bits per heavy atom. The van der Waals surface area contributed by atoms with E-state index in [0.717, 1.165) is 4.90 Å². The highest BCUT2D eigenvalue weighted by molar-refractivity contribution is 7.98. The second kappa shape index (κ2) is 4.69. The van der Waals surface area contributed by atoms with Crippen molar-refractivity contribution in [3.63, 3.8) is 0 Å². The Morgan fingerprint density at radius 3 is 2.50 bits per heavy atom. The summed E-state index contributed by atoms with van der Waals surface area (Å²) >= 11 is 1.59. The van der Waals surface area contributed by atoms with Crippen LogP contribution in [0.5, 0.6) is 5.75 Å². The van der Waals surface area contributed by atoms with E-state index in [2.05, 4.69) is 0 Å². The summed E-state index contributed by atoms with van der Waals surface area (Å²) < 4.78 is 18.9. The highest BCUT2D eigenvalue weighted by Crippen LogP contribution is 2.28. The normalized spacial score (nSPS) is 10.7. The standard InChI is InChI=1S/C11H15FOS/c1-7(2)13-10-6-9(14-4)5-8(3)11(10)12/h5-7H,1-4H3. The van der Waals surface area contributed by atoms with E-state index in [4.69, 9.17) is 4.74 Å². The minimum atomic E-state index is -0.253. The average molecular weight is 214 g/mol. The molecular weight excluding hydrogens is 199 g/mol. The van der Waals surface area contributed by atoms with Crippen LogP contribution in [-0.4, -0.2) is 12.4 Å². The zero-order valence-corrected chi connectivity index (χ0v) is 9.74. The first-order chi connectivity index (χ1) is 6.54. The summed E-state index contributed by atoms with van der Waals surface area (Å²) in [5, 5.41) is 0. The SMILES string of the molecule is CSc1cc(C)c(F)c(OC(C)C)c1. The van der Waals surface area contributed by atoms with Gasteiger partial charge in [0.25, 0.3) is 0 Å². The molecular formula is C11H15FOS. The molecule has 1 aromatic rings. The first-order valence-corrected chi connectivity index (χ1v) is 5.78. The molecule has 0 aliphatic carbocycles. The van der Waals surface area contributed by atoms with Crippen molar-refractivity contribution in [3.05, 3.63) is 23.5 Å². The van der Waals surface area contributed by atoms with Crippen molar-refractivity contribution in [2.75, 3.05) is 6.26 Å². The molecule has 0 aliphatic heterocycles. The highest BCUT2D eigenvalue weighted by Gasteiger charge is 2.09. The van der Waals surface area contributed by atoms with Crippen molar-refractivity contribution >= 4 is 11.8 Å². The zero-order valence-electron chi connectivity index (χ0n) is 8.93. The predicted molar refractivity (Wildman–Crippen MR) is 58.7 cm³/mol. The Hall–Kier alpha value is -0.700. The third-order valence-electron chi connectivity index (χ3n) is 1.79. The van der Waals surface area contributed by atoms with E-state index in [-0.39, 0.29) is 11.9 Å². The Bertz CT molecular complexity index is 323. The molecule has 0 aliphatic rings. The number of hydrogen-bond acceptors (Lipinski definition) is 2. The van der Waals surface area contributed by atoms with Gasteiger partial charge in [-0.1, -0.05) is 0 Å². The van der Waals surface area contributed by atoms with Crippen LogP contribution >= 0.6 is 11.8 Å². The van der Waals surface area contributed by atoms with Crippen LogP contribution in [-0.2, 0) is 0 Å². The maximum atomic E-state index is 13.5. The predicted octanol–water partition coefficient (Wildman–Crippen LogP) is 3.64. The third kappa shape index (κ3) is 2.64. The first kappa shape index (κ1) is 11.4. The Morgan fingerprint density at radius 1 is 1.36 bits per heavy atom. The maximum absolute atomic E-state index is 13.5. The lowest BCUT2D eigenvalue weighted by atomic mass is 10.2. The number of aryl methyl sites for hydroxylation is 1. The molecule has 0 amide bonds.